The van der Waals surface area contributed by atoms with Crippen LogP contribution in [0, 0.1) is 17.8 Å². The molecule has 21 heavy (non-hydrogen) atoms. The number of fused-ring (bicyclic) bond motifs is 1. The lowest BCUT2D eigenvalue weighted by atomic mass is 9.73. The van der Waals surface area contributed by atoms with Crippen LogP contribution in [0.25, 0.3) is 0 Å². The van der Waals surface area contributed by atoms with Crippen LogP contribution in [0.15, 0.2) is 0 Å². The quantitative estimate of drug-likeness (QED) is 0.794. The predicted molar refractivity (Wildman–Crippen MR) is 73.5 cm³/mol. The summed E-state index contributed by atoms with van der Waals surface area (Å²) >= 11 is 0. The van der Waals surface area contributed by atoms with Crippen LogP contribution in [0.4, 0.5) is 0 Å². The lowest BCUT2D eigenvalue weighted by Crippen LogP contribution is -2.68. The first-order valence-electron chi connectivity index (χ1n) is 8.00. The Bertz CT molecular complexity index is 402. The van der Waals surface area contributed by atoms with Crippen LogP contribution in [-0.2, 0) is 18.9 Å². The number of hydrogen-bond acceptors (Lipinski definition) is 6. The first-order valence-corrected chi connectivity index (χ1v) is 8.00. The summed E-state index contributed by atoms with van der Waals surface area (Å²) in [7, 11) is 1.68. The molecule has 0 amide bonds. The van der Waals surface area contributed by atoms with Crippen molar-refractivity contribution >= 4 is 0 Å². The fourth-order valence-corrected chi connectivity index (χ4v) is 4.77. The van der Waals surface area contributed by atoms with Crippen LogP contribution < -0.4 is 0 Å². The Morgan fingerprint density at radius 1 is 1.33 bits per heavy atom. The van der Waals surface area contributed by atoms with Gasteiger partial charge in [0.25, 0.3) is 0 Å². The lowest BCUT2D eigenvalue weighted by Gasteiger charge is -2.56. The van der Waals surface area contributed by atoms with Gasteiger partial charge in [-0.25, -0.2) is 0 Å². The lowest BCUT2D eigenvalue weighted by molar-refractivity contribution is -0.410. The summed E-state index contributed by atoms with van der Waals surface area (Å²) < 4.78 is 23.2. The molecule has 120 valence electrons. The van der Waals surface area contributed by atoms with Crippen molar-refractivity contribution in [3.63, 3.8) is 0 Å². The Morgan fingerprint density at radius 2 is 2.10 bits per heavy atom. The zero-order chi connectivity index (χ0) is 14.6. The number of hydrogen-bond donors (Lipinski definition) is 1. The van der Waals surface area contributed by atoms with Gasteiger partial charge in [0.15, 0.2) is 12.6 Å². The van der Waals surface area contributed by atoms with Crippen LogP contribution in [-0.4, -0.2) is 74.2 Å². The molecule has 4 saturated heterocycles. The van der Waals surface area contributed by atoms with E-state index in [9.17, 15) is 5.11 Å². The number of rotatable bonds is 3. The van der Waals surface area contributed by atoms with E-state index >= 15 is 0 Å². The van der Waals surface area contributed by atoms with Crippen molar-refractivity contribution in [3.8, 4) is 0 Å². The molecule has 5 aliphatic rings. The van der Waals surface area contributed by atoms with E-state index < -0.39 is 11.7 Å². The first kappa shape index (κ1) is 14.4. The molecule has 6 nitrogen and oxygen atoms in total. The third kappa shape index (κ3) is 2.00. The van der Waals surface area contributed by atoms with Gasteiger partial charge in [0, 0.05) is 38.6 Å². The maximum atomic E-state index is 10.7. The van der Waals surface area contributed by atoms with E-state index in [1.54, 1.807) is 7.11 Å². The second-order valence-corrected chi connectivity index (χ2v) is 6.87. The monoisotopic (exact) mass is 299 g/mol. The average molecular weight is 299 g/mol. The highest BCUT2D eigenvalue weighted by Crippen LogP contribution is 2.58. The summed E-state index contributed by atoms with van der Waals surface area (Å²) in [5.41, 5.74) is -0.544. The molecule has 4 bridgehead atoms. The number of methoxy groups -OCH3 is 1. The predicted octanol–water partition coefficient (Wildman–Crippen LogP) is 0.0495. The fourth-order valence-electron chi connectivity index (χ4n) is 4.77. The van der Waals surface area contributed by atoms with Crippen molar-refractivity contribution in [2.75, 3.05) is 40.0 Å². The van der Waals surface area contributed by atoms with Gasteiger partial charge >= 0.3 is 0 Å². The van der Waals surface area contributed by atoms with Crippen molar-refractivity contribution < 1.29 is 24.1 Å². The second kappa shape index (κ2) is 5.15. The number of aliphatic hydroxyl groups excluding tert-OH is 1. The van der Waals surface area contributed by atoms with E-state index in [-0.39, 0.29) is 18.5 Å². The molecule has 0 aromatic heterocycles. The molecule has 0 spiro atoms. The Hall–Kier alpha value is -0.240. The molecule has 5 rings (SSSR count). The topological polar surface area (TPSA) is 60.4 Å². The fraction of sp³-hybridized carbons (Fsp3) is 1.00. The van der Waals surface area contributed by atoms with E-state index in [4.69, 9.17) is 18.9 Å². The maximum absolute atomic E-state index is 10.7. The zero-order valence-electron chi connectivity index (χ0n) is 12.7. The zero-order valence-corrected chi connectivity index (χ0v) is 12.7. The third-order valence-corrected chi connectivity index (χ3v) is 5.89. The largest absolute Gasteiger partial charge is 0.390 e. The van der Waals surface area contributed by atoms with Crippen LogP contribution >= 0.6 is 0 Å². The van der Waals surface area contributed by atoms with Crippen LogP contribution in [0.3, 0.4) is 0 Å². The van der Waals surface area contributed by atoms with E-state index in [1.165, 1.54) is 0 Å². The van der Waals surface area contributed by atoms with Gasteiger partial charge in [-0.1, -0.05) is 6.92 Å². The third-order valence-electron chi connectivity index (χ3n) is 5.89. The number of aliphatic hydroxyl groups is 1. The van der Waals surface area contributed by atoms with E-state index in [0.29, 0.717) is 11.8 Å². The van der Waals surface area contributed by atoms with Gasteiger partial charge in [0.05, 0.1) is 19.3 Å². The van der Waals surface area contributed by atoms with Gasteiger partial charge in [0.2, 0.25) is 0 Å². The van der Waals surface area contributed by atoms with Crippen molar-refractivity contribution in [1.82, 2.24) is 4.90 Å². The molecular weight excluding hydrogens is 274 g/mol. The van der Waals surface area contributed by atoms with Gasteiger partial charge in [-0.15, -0.1) is 0 Å². The van der Waals surface area contributed by atoms with Gasteiger partial charge in [0.1, 0.15) is 5.60 Å². The molecule has 6 unspecified atom stereocenters. The van der Waals surface area contributed by atoms with E-state index in [2.05, 4.69) is 11.8 Å². The molecule has 0 radical (unpaired) electrons. The van der Waals surface area contributed by atoms with Gasteiger partial charge in [-0.2, -0.15) is 0 Å². The SMILES string of the molecule is COC1OC2OC3(CN4CCOCC4)C1C(C[C@H]3O)C2C. The van der Waals surface area contributed by atoms with Crippen molar-refractivity contribution in [2.24, 2.45) is 17.8 Å². The number of ether oxygens (including phenoxy) is 4. The maximum Gasteiger partial charge on any atom is 0.166 e. The van der Waals surface area contributed by atoms with Gasteiger partial charge in [-0.05, 0) is 12.3 Å². The Balaban J connectivity index is 1.62. The molecule has 0 aromatic carbocycles. The van der Waals surface area contributed by atoms with Crippen LogP contribution in [0.2, 0.25) is 0 Å². The molecule has 6 heteroatoms. The number of morpholine rings is 1. The molecule has 5 fully saturated rings. The van der Waals surface area contributed by atoms with Gasteiger partial charge < -0.3 is 24.1 Å². The number of nitrogens with zero attached hydrogens (tertiary/aromatic N) is 1. The van der Waals surface area contributed by atoms with Crippen LogP contribution in [0.1, 0.15) is 13.3 Å². The van der Waals surface area contributed by atoms with E-state index in [0.717, 1.165) is 39.3 Å². The van der Waals surface area contributed by atoms with Crippen molar-refractivity contribution in [3.05, 3.63) is 0 Å². The average Bonchev–Trinajstić information content (AvgIpc) is 2.75. The Labute approximate surface area is 125 Å². The molecule has 7 atom stereocenters. The highest BCUT2D eigenvalue weighted by atomic mass is 16.8. The van der Waals surface area contributed by atoms with Crippen LogP contribution in [0.5, 0.6) is 0 Å². The summed E-state index contributed by atoms with van der Waals surface area (Å²) in [4.78, 5) is 2.34. The minimum Gasteiger partial charge on any atom is -0.390 e. The smallest absolute Gasteiger partial charge is 0.166 e. The first-order chi connectivity index (χ1) is 10.2. The minimum atomic E-state index is -0.544. The highest BCUT2D eigenvalue weighted by Gasteiger charge is 2.69. The normalized spacial score (nSPS) is 53.3. The summed E-state index contributed by atoms with van der Waals surface area (Å²) in [6.07, 6.45) is -0.175. The van der Waals surface area contributed by atoms with Gasteiger partial charge in [-0.3, -0.25) is 4.90 Å². The minimum absolute atomic E-state index is 0.111. The standard InChI is InChI=1S/C15H25NO5/c1-9-10-7-11(17)15(8-16-3-5-19-6-4-16)12(10)14(18-2)20-13(9)21-15/h9-14,17H,3-8H2,1-2H3/t9?,10?,11-,12?,13?,14?,15?/m1/s1. The van der Waals surface area contributed by atoms with Crippen molar-refractivity contribution in [2.45, 2.75) is 37.6 Å². The summed E-state index contributed by atoms with van der Waals surface area (Å²) in [6.45, 7) is 6.20. The molecule has 0 aromatic rings. The molecule has 4 heterocycles. The molecule has 4 aliphatic heterocycles. The van der Waals surface area contributed by atoms with Crippen molar-refractivity contribution in [1.29, 1.82) is 0 Å². The Morgan fingerprint density at radius 3 is 2.81 bits per heavy atom. The Kier molecular flexibility index (Phi) is 3.52. The molecule has 1 aliphatic carbocycles. The highest BCUT2D eigenvalue weighted by molar-refractivity contribution is 5.13. The molecular formula is C15H25NO5. The summed E-state index contributed by atoms with van der Waals surface area (Å²) in [5.74, 6) is 0.843. The molecule has 1 N–H and O–H groups in total. The summed E-state index contributed by atoms with van der Waals surface area (Å²) in [6, 6.07) is 0. The summed E-state index contributed by atoms with van der Waals surface area (Å²) in [5, 5.41) is 10.7. The molecule has 1 saturated carbocycles. The van der Waals surface area contributed by atoms with E-state index in [1.807, 2.05) is 0 Å². The second-order valence-electron chi connectivity index (χ2n) is 6.87.